The first-order valence-corrected chi connectivity index (χ1v) is 17.0. The van der Waals surface area contributed by atoms with Crippen molar-refractivity contribution < 1.29 is 33.5 Å². The third-order valence-corrected chi connectivity index (χ3v) is 9.11. The average molecular weight is 677 g/mol. The Morgan fingerprint density at radius 2 is 1.61 bits per heavy atom. The van der Waals surface area contributed by atoms with Crippen LogP contribution >= 0.6 is 0 Å². The number of rotatable bonds is 6. The molecule has 5 rings (SSSR count). The number of carbonyl (C=O) groups excluding carboxylic acids is 6. The normalized spacial score (nSPS) is 23.7. The minimum atomic E-state index is -1.04. The van der Waals surface area contributed by atoms with Crippen LogP contribution in [0.25, 0.3) is 0 Å². The van der Waals surface area contributed by atoms with Gasteiger partial charge in [0.25, 0.3) is 5.91 Å². The molecule has 1 unspecified atom stereocenters. The number of nitrogens with one attached hydrogen (secondary N) is 5. The van der Waals surface area contributed by atoms with Crippen LogP contribution in [-0.2, 0) is 36.9 Å². The van der Waals surface area contributed by atoms with Crippen LogP contribution in [0.3, 0.4) is 0 Å². The third-order valence-electron chi connectivity index (χ3n) is 9.11. The standard InChI is InChI=1S/C36H48N6O7/c1-5-22(2)31-35(47)40-29(20-24-10-14-27(49-4)15-11-24)34(46)38-23(3)32(44)37-18-6-7-19-42(36(48)28-16-17-30(43)39-28)21-25-8-12-26(13-9-25)33(45)41-31/h8-15,22-23,28-29,31H,5-7,16-21H2,1-4H3,(H,37,44)(H,38,46)(H,39,43)(H,40,47)(H,41,45)/t22-,23+,28-,29-,31?/m0/s1. The maximum Gasteiger partial charge on any atom is 0.251 e. The van der Waals surface area contributed by atoms with E-state index in [0.717, 1.165) is 11.1 Å². The van der Waals surface area contributed by atoms with Crippen LogP contribution in [0.5, 0.6) is 5.75 Å². The molecule has 3 aliphatic rings. The molecule has 0 aromatic heterocycles. The molecule has 5 atom stereocenters. The molecule has 3 aliphatic heterocycles. The summed E-state index contributed by atoms with van der Waals surface area (Å²) in [6.07, 6.45) is 2.60. The summed E-state index contributed by atoms with van der Waals surface area (Å²) in [5.74, 6) is -1.88. The van der Waals surface area contributed by atoms with Crippen LogP contribution < -0.4 is 31.3 Å². The Morgan fingerprint density at radius 3 is 2.24 bits per heavy atom. The SMILES string of the molecule is CC[C@H](C)C1NC(=O)c2ccc(cc2)CN(C(=O)[C@@H]2CCC(=O)N2)CCCCNC(=O)[C@@H](C)NC(=O)[C@H](Cc2ccc(OC)cc2)NC1=O. The van der Waals surface area contributed by atoms with Gasteiger partial charge in [-0.2, -0.15) is 0 Å². The highest BCUT2D eigenvalue weighted by atomic mass is 16.5. The number of fused-ring (bicyclic) bond motifs is 18. The first kappa shape index (κ1) is 36.9. The van der Waals surface area contributed by atoms with Crippen molar-refractivity contribution in [3.63, 3.8) is 0 Å². The zero-order valence-corrected chi connectivity index (χ0v) is 28.7. The highest BCUT2D eigenvalue weighted by Gasteiger charge is 2.33. The largest absolute Gasteiger partial charge is 0.497 e. The van der Waals surface area contributed by atoms with Crippen molar-refractivity contribution in [2.45, 2.75) is 90.0 Å². The second kappa shape index (κ2) is 17.5. The fourth-order valence-electron chi connectivity index (χ4n) is 5.84. The lowest BCUT2D eigenvalue weighted by Gasteiger charge is -2.27. The van der Waals surface area contributed by atoms with E-state index in [9.17, 15) is 28.8 Å². The minimum Gasteiger partial charge on any atom is -0.497 e. The van der Waals surface area contributed by atoms with Crippen molar-refractivity contribution >= 4 is 35.4 Å². The molecule has 6 amide bonds. The summed E-state index contributed by atoms with van der Waals surface area (Å²) in [5, 5.41) is 14.0. The van der Waals surface area contributed by atoms with Gasteiger partial charge in [0.05, 0.1) is 7.11 Å². The van der Waals surface area contributed by atoms with E-state index >= 15 is 0 Å². The van der Waals surface area contributed by atoms with Crippen LogP contribution in [0.4, 0.5) is 0 Å². The number of amides is 6. The highest BCUT2D eigenvalue weighted by molar-refractivity contribution is 5.99. The number of nitrogens with zero attached hydrogens (tertiary/aromatic N) is 1. The van der Waals surface area contributed by atoms with Gasteiger partial charge in [-0.1, -0.05) is 44.5 Å². The molecular formula is C36H48N6O7. The quantitative estimate of drug-likeness (QED) is 0.289. The van der Waals surface area contributed by atoms with Crippen molar-refractivity contribution in [1.29, 1.82) is 0 Å². The Morgan fingerprint density at radius 1 is 0.898 bits per heavy atom. The third kappa shape index (κ3) is 10.3. The number of benzene rings is 2. The molecule has 13 nitrogen and oxygen atoms in total. The Labute approximate surface area is 287 Å². The lowest BCUT2D eigenvalue weighted by atomic mass is 9.96. The summed E-state index contributed by atoms with van der Waals surface area (Å²) in [7, 11) is 1.55. The highest BCUT2D eigenvalue weighted by Crippen LogP contribution is 2.17. The van der Waals surface area contributed by atoms with Crippen molar-refractivity contribution in [2.75, 3.05) is 20.2 Å². The summed E-state index contributed by atoms with van der Waals surface area (Å²) in [6.45, 7) is 6.32. The molecule has 0 radical (unpaired) electrons. The van der Waals surface area contributed by atoms with Crippen molar-refractivity contribution in [2.24, 2.45) is 5.92 Å². The van der Waals surface area contributed by atoms with Gasteiger partial charge in [0.15, 0.2) is 0 Å². The van der Waals surface area contributed by atoms with Crippen LogP contribution in [0.15, 0.2) is 48.5 Å². The summed E-state index contributed by atoms with van der Waals surface area (Å²) in [4.78, 5) is 80.7. The van der Waals surface area contributed by atoms with Gasteiger partial charge in [0, 0.05) is 38.0 Å². The fourth-order valence-corrected chi connectivity index (χ4v) is 5.84. The van der Waals surface area contributed by atoms with Gasteiger partial charge in [-0.3, -0.25) is 28.8 Å². The first-order chi connectivity index (χ1) is 23.5. The molecule has 2 aromatic rings. The van der Waals surface area contributed by atoms with E-state index in [4.69, 9.17) is 4.74 Å². The predicted octanol–water partition coefficient (Wildman–Crippen LogP) is 1.59. The second-order valence-electron chi connectivity index (χ2n) is 12.8. The Balaban J connectivity index is 1.59. The molecule has 0 saturated carbocycles. The van der Waals surface area contributed by atoms with E-state index < -0.39 is 41.9 Å². The molecule has 3 heterocycles. The van der Waals surface area contributed by atoms with Crippen LogP contribution in [0, 0.1) is 5.92 Å². The van der Waals surface area contributed by atoms with E-state index in [-0.39, 0.29) is 36.6 Å². The molecule has 49 heavy (non-hydrogen) atoms. The molecule has 1 fully saturated rings. The fraction of sp³-hybridized carbons (Fsp3) is 0.500. The van der Waals surface area contributed by atoms with Gasteiger partial charge < -0.3 is 36.2 Å². The Hall–Kier alpha value is -4.94. The zero-order chi connectivity index (χ0) is 35.5. The smallest absolute Gasteiger partial charge is 0.251 e. The predicted molar refractivity (Wildman–Crippen MR) is 182 cm³/mol. The summed E-state index contributed by atoms with van der Waals surface area (Å²) in [6, 6.07) is 10.5. The van der Waals surface area contributed by atoms with Crippen LogP contribution in [-0.4, -0.2) is 84.7 Å². The number of hydrogen-bond donors (Lipinski definition) is 5. The van der Waals surface area contributed by atoms with Gasteiger partial charge in [-0.15, -0.1) is 0 Å². The van der Waals surface area contributed by atoms with Gasteiger partial charge in [0.1, 0.15) is 29.9 Å². The number of carbonyl (C=O) groups is 6. The van der Waals surface area contributed by atoms with Crippen molar-refractivity contribution in [1.82, 2.24) is 31.5 Å². The lowest BCUT2D eigenvalue weighted by Crippen LogP contribution is -2.58. The molecule has 2 aromatic carbocycles. The topological polar surface area (TPSA) is 175 Å². The maximum absolute atomic E-state index is 13.8. The second-order valence-corrected chi connectivity index (χ2v) is 12.8. The average Bonchev–Trinajstić information content (AvgIpc) is 3.54. The molecule has 0 spiro atoms. The molecule has 13 heteroatoms. The lowest BCUT2D eigenvalue weighted by molar-refractivity contribution is -0.135. The van der Waals surface area contributed by atoms with Crippen LogP contribution in [0.1, 0.15) is 74.4 Å². The molecule has 5 N–H and O–H groups in total. The number of hydrogen-bond acceptors (Lipinski definition) is 7. The molecule has 1 saturated heterocycles. The minimum absolute atomic E-state index is 0.137. The van der Waals surface area contributed by atoms with Gasteiger partial charge >= 0.3 is 0 Å². The summed E-state index contributed by atoms with van der Waals surface area (Å²) < 4.78 is 5.24. The van der Waals surface area contributed by atoms with E-state index in [2.05, 4.69) is 26.6 Å². The van der Waals surface area contributed by atoms with E-state index in [1.807, 2.05) is 13.8 Å². The molecule has 264 valence electrons. The van der Waals surface area contributed by atoms with Gasteiger partial charge in [0.2, 0.25) is 29.5 Å². The monoisotopic (exact) mass is 676 g/mol. The first-order valence-electron chi connectivity index (χ1n) is 17.0. The number of methoxy groups -OCH3 is 1. The Kier molecular flexibility index (Phi) is 13.1. The molecule has 0 aliphatic carbocycles. The van der Waals surface area contributed by atoms with Crippen molar-refractivity contribution in [3.8, 4) is 5.75 Å². The maximum atomic E-state index is 13.8. The Bertz CT molecular complexity index is 1500. The molecular weight excluding hydrogens is 628 g/mol. The zero-order valence-electron chi connectivity index (χ0n) is 28.7. The summed E-state index contributed by atoms with van der Waals surface area (Å²) >= 11 is 0. The van der Waals surface area contributed by atoms with Gasteiger partial charge in [-0.25, -0.2) is 0 Å². The van der Waals surface area contributed by atoms with Gasteiger partial charge in [-0.05, 0) is 67.5 Å². The van der Waals surface area contributed by atoms with Crippen molar-refractivity contribution in [3.05, 3.63) is 65.2 Å². The molecule has 2 bridgehead atoms. The van der Waals surface area contributed by atoms with E-state index in [1.54, 1.807) is 67.5 Å². The number of ether oxygens (including phenoxy) is 1. The van der Waals surface area contributed by atoms with Crippen LogP contribution in [0.2, 0.25) is 0 Å². The van der Waals surface area contributed by atoms with E-state index in [1.165, 1.54) is 0 Å². The van der Waals surface area contributed by atoms with E-state index in [0.29, 0.717) is 56.5 Å². The summed E-state index contributed by atoms with van der Waals surface area (Å²) in [5.41, 5.74) is 1.89.